The molecule has 0 N–H and O–H groups in total. The monoisotopic (exact) mass is 338 g/mol. The van der Waals surface area contributed by atoms with E-state index in [9.17, 15) is 4.79 Å². The van der Waals surface area contributed by atoms with Gasteiger partial charge in [0.2, 0.25) is 0 Å². The van der Waals surface area contributed by atoms with E-state index in [-0.39, 0.29) is 0 Å². The predicted octanol–water partition coefficient (Wildman–Crippen LogP) is 3.26. The standard InChI is InChI=1S/C21H26N2O2/c1-16-2-3-17-4-5-19(14-20(17)21(16)15-24)22-8-6-18(7-9-22)23-10-12-25-13-11-23/h2-5,14-15,18H,6-13H2,1H3. The van der Waals surface area contributed by atoms with Crippen molar-refractivity contribution >= 4 is 22.7 Å². The number of hydrogen-bond donors (Lipinski definition) is 0. The molecule has 2 aromatic rings. The first-order chi connectivity index (χ1) is 12.3. The van der Waals surface area contributed by atoms with Crippen LogP contribution in [0.2, 0.25) is 0 Å². The van der Waals surface area contributed by atoms with Crippen LogP contribution in [-0.2, 0) is 4.74 Å². The molecule has 25 heavy (non-hydrogen) atoms. The number of carbonyl (C=O) groups is 1. The molecule has 4 rings (SSSR count). The maximum Gasteiger partial charge on any atom is 0.150 e. The predicted molar refractivity (Wildman–Crippen MR) is 102 cm³/mol. The van der Waals surface area contributed by atoms with E-state index in [0.29, 0.717) is 6.04 Å². The highest BCUT2D eigenvalue weighted by atomic mass is 16.5. The smallest absolute Gasteiger partial charge is 0.150 e. The summed E-state index contributed by atoms with van der Waals surface area (Å²) in [5.41, 5.74) is 3.11. The summed E-state index contributed by atoms with van der Waals surface area (Å²) in [5, 5.41) is 2.21. The van der Waals surface area contributed by atoms with Crippen LogP contribution in [0.15, 0.2) is 30.3 Å². The minimum Gasteiger partial charge on any atom is -0.379 e. The summed E-state index contributed by atoms with van der Waals surface area (Å²) in [4.78, 5) is 16.6. The molecule has 0 atom stereocenters. The second kappa shape index (κ2) is 7.14. The molecule has 2 saturated heterocycles. The first-order valence-electron chi connectivity index (χ1n) is 9.31. The van der Waals surface area contributed by atoms with Crippen molar-refractivity contribution in [1.29, 1.82) is 0 Å². The zero-order valence-electron chi connectivity index (χ0n) is 14.9. The van der Waals surface area contributed by atoms with Crippen LogP contribution >= 0.6 is 0 Å². The van der Waals surface area contributed by atoms with Gasteiger partial charge in [-0.25, -0.2) is 0 Å². The summed E-state index contributed by atoms with van der Waals surface area (Å²) in [6, 6.07) is 11.4. The number of aldehydes is 1. The van der Waals surface area contributed by atoms with Gasteiger partial charge in [0.15, 0.2) is 6.29 Å². The first-order valence-corrected chi connectivity index (χ1v) is 9.31. The summed E-state index contributed by atoms with van der Waals surface area (Å²) in [6.45, 7) is 8.05. The molecule has 0 amide bonds. The number of aryl methyl sites for hydroxylation is 1. The van der Waals surface area contributed by atoms with Crippen LogP contribution in [0.3, 0.4) is 0 Å². The molecule has 0 bridgehead atoms. The Kier molecular flexibility index (Phi) is 4.73. The van der Waals surface area contributed by atoms with Gasteiger partial charge in [-0.05, 0) is 48.2 Å². The van der Waals surface area contributed by atoms with Gasteiger partial charge >= 0.3 is 0 Å². The Balaban J connectivity index is 1.52. The lowest BCUT2D eigenvalue weighted by Gasteiger charge is -2.40. The quantitative estimate of drug-likeness (QED) is 0.804. The summed E-state index contributed by atoms with van der Waals surface area (Å²) >= 11 is 0. The fourth-order valence-corrected chi connectivity index (χ4v) is 4.22. The average Bonchev–Trinajstić information content (AvgIpc) is 2.68. The van der Waals surface area contributed by atoms with Gasteiger partial charge in [-0.3, -0.25) is 9.69 Å². The molecule has 0 aliphatic carbocycles. The number of fused-ring (bicyclic) bond motifs is 1. The van der Waals surface area contributed by atoms with Crippen molar-refractivity contribution in [3.8, 4) is 0 Å². The Labute approximate surface area is 149 Å². The Morgan fingerprint density at radius 3 is 2.48 bits per heavy atom. The van der Waals surface area contributed by atoms with Gasteiger partial charge in [-0.15, -0.1) is 0 Å². The molecular formula is C21H26N2O2. The molecule has 2 aromatic carbocycles. The molecule has 4 heteroatoms. The largest absolute Gasteiger partial charge is 0.379 e. The normalized spacial score (nSPS) is 20.1. The number of carbonyl (C=O) groups excluding carboxylic acids is 1. The van der Waals surface area contributed by atoms with E-state index < -0.39 is 0 Å². The molecular weight excluding hydrogens is 312 g/mol. The summed E-state index contributed by atoms with van der Waals surface area (Å²) < 4.78 is 5.47. The number of ether oxygens (including phenoxy) is 1. The molecule has 2 heterocycles. The van der Waals surface area contributed by atoms with E-state index in [1.165, 1.54) is 18.5 Å². The molecule has 0 spiro atoms. The summed E-state index contributed by atoms with van der Waals surface area (Å²) in [6.07, 6.45) is 3.39. The lowest BCUT2D eigenvalue weighted by atomic mass is 9.98. The summed E-state index contributed by atoms with van der Waals surface area (Å²) in [5.74, 6) is 0. The number of piperidine rings is 1. The van der Waals surface area contributed by atoms with Crippen molar-refractivity contribution in [3.05, 3.63) is 41.5 Å². The third-order valence-electron chi connectivity index (χ3n) is 5.77. The van der Waals surface area contributed by atoms with Gasteiger partial charge < -0.3 is 9.64 Å². The van der Waals surface area contributed by atoms with Crippen molar-refractivity contribution in [1.82, 2.24) is 4.90 Å². The average molecular weight is 338 g/mol. The van der Waals surface area contributed by atoms with Gasteiger partial charge in [0.05, 0.1) is 13.2 Å². The molecule has 0 radical (unpaired) electrons. The molecule has 2 aliphatic heterocycles. The Morgan fingerprint density at radius 2 is 1.76 bits per heavy atom. The van der Waals surface area contributed by atoms with Crippen LogP contribution in [0.1, 0.15) is 28.8 Å². The minimum absolute atomic E-state index is 0.688. The van der Waals surface area contributed by atoms with Gasteiger partial charge in [0, 0.05) is 43.5 Å². The summed E-state index contributed by atoms with van der Waals surface area (Å²) in [7, 11) is 0. The number of morpholine rings is 1. The molecule has 4 nitrogen and oxygen atoms in total. The Bertz CT molecular complexity index is 760. The third kappa shape index (κ3) is 3.29. The highest BCUT2D eigenvalue weighted by Gasteiger charge is 2.26. The third-order valence-corrected chi connectivity index (χ3v) is 5.77. The first kappa shape index (κ1) is 16.6. The Hall–Kier alpha value is -1.91. The zero-order chi connectivity index (χ0) is 17.2. The SMILES string of the molecule is Cc1ccc2ccc(N3CCC(N4CCOCC4)CC3)cc2c1C=O. The lowest BCUT2D eigenvalue weighted by molar-refractivity contribution is 0.0115. The molecule has 0 aromatic heterocycles. The fraction of sp³-hybridized carbons (Fsp3) is 0.476. The number of rotatable bonds is 3. The Morgan fingerprint density at radius 1 is 1.04 bits per heavy atom. The van der Waals surface area contributed by atoms with E-state index in [4.69, 9.17) is 4.74 Å². The van der Waals surface area contributed by atoms with Crippen LogP contribution in [0, 0.1) is 6.92 Å². The van der Waals surface area contributed by atoms with E-state index in [1.54, 1.807) is 0 Å². The number of hydrogen-bond acceptors (Lipinski definition) is 4. The number of anilines is 1. The number of nitrogens with zero attached hydrogens (tertiary/aromatic N) is 2. The second-order valence-electron chi connectivity index (χ2n) is 7.19. The zero-order valence-corrected chi connectivity index (χ0v) is 14.9. The van der Waals surface area contributed by atoms with Crippen molar-refractivity contribution < 1.29 is 9.53 Å². The van der Waals surface area contributed by atoms with Crippen molar-refractivity contribution in [3.63, 3.8) is 0 Å². The minimum atomic E-state index is 0.688. The van der Waals surface area contributed by atoms with E-state index in [2.05, 4.69) is 34.1 Å². The fourth-order valence-electron chi connectivity index (χ4n) is 4.22. The maximum absolute atomic E-state index is 11.5. The van der Waals surface area contributed by atoms with E-state index >= 15 is 0 Å². The van der Waals surface area contributed by atoms with Gasteiger partial charge in [-0.2, -0.15) is 0 Å². The molecule has 0 saturated carbocycles. The van der Waals surface area contributed by atoms with Crippen LogP contribution in [-0.4, -0.2) is 56.6 Å². The van der Waals surface area contributed by atoms with Crippen molar-refractivity contribution in [2.75, 3.05) is 44.3 Å². The molecule has 2 fully saturated rings. The van der Waals surface area contributed by atoms with E-state index in [0.717, 1.165) is 67.6 Å². The van der Waals surface area contributed by atoms with E-state index in [1.807, 2.05) is 13.0 Å². The topological polar surface area (TPSA) is 32.8 Å². The van der Waals surface area contributed by atoms with Crippen LogP contribution in [0.25, 0.3) is 10.8 Å². The van der Waals surface area contributed by atoms with Gasteiger partial charge in [0.25, 0.3) is 0 Å². The van der Waals surface area contributed by atoms with Gasteiger partial charge in [-0.1, -0.05) is 18.2 Å². The van der Waals surface area contributed by atoms with Crippen LogP contribution in [0.5, 0.6) is 0 Å². The van der Waals surface area contributed by atoms with Crippen molar-refractivity contribution in [2.45, 2.75) is 25.8 Å². The highest BCUT2D eigenvalue weighted by Crippen LogP contribution is 2.29. The highest BCUT2D eigenvalue weighted by molar-refractivity contribution is 6.00. The molecule has 2 aliphatic rings. The molecule has 132 valence electrons. The maximum atomic E-state index is 11.5. The molecule has 0 unspecified atom stereocenters. The van der Waals surface area contributed by atoms with Gasteiger partial charge in [0.1, 0.15) is 0 Å². The van der Waals surface area contributed by atoms with Crippen LogP contribution < -0.4 is 4.90 Å². The van der Waals surface area contributed by atoms with Crippen LogP contribution in [0.4, 0.5) is 5.69 Å². The van der Waals surface area contributed by atoms with Crippen molar-refractivity contribution in [2.24, 2.45) is 0 Å². The second-order valence-corrected chi connectivity index (χ2v) is 7.19. The number of benzene rings is 2. The lowest BCUT2D eigenvalue weighted by Crippen LogP contribution is -2.49.